The van der Waals surface area contributed by atoms with E-state index in [1.165, 1.54) is 36.4 Å². The van der Waals surface area contributed by atoms with Crippen molar-refractivity contribution in [1.82, 2.24) is 10.3 Å². The summed E-state index contributed by atoms with van der Waals surface area (Å²) in [5.74, 6) is -0.907. The molecule has 0 atom stereocenters. The maximum Gasteiger partial charge on any atom is 0.268 e. The Morgan fingerprint density at radius 3 is 2.36 bits per heavy atom. The first-order chi connectivity index (χ1) is 13.3. The maximum absolute atomic E-state index is 13.6. The zero-order chi connectivity index (χ0) is 20.3. The molecule has 2 aromatic carbocycles. The summed E-state index contributed by atoms with van der Waals surface area (Å²) >= 11 is 11.9. The third-order valence-electron chi connectivity index (χ3n) is 3.76. The van der Waals surface area contributed by atoms with E-state index in [4.69, 9.17) is 23.2 Å². The van der Waals surface area contributed by atoms with Crippen molar-refractivity contribution in [2.75, 3.05) is 4.72 Å². The van der Waals surface area contributed by atoms with Gasteiger partial charge >= 0.3 is 0 Å². The number of H-pyrrole nitrogens is 1. The number of benzene rings is 2. The highest BCUT2D eigenvalue weighted by Gasteiger charge is 2.22. The molecule has 0 radical (unpaired) electrons. The second-order valence-electron chi connectivity index (χ2n) is 5.72. The van der Waals surface area contributed by atoms with Crippen LogP contribution in [0.5, 0.6) is 0 Å². The van der Waals surface area contributed by atoms with E-state index in [1.54, 1.807) is 18.2 Å². The summed E-state index contributed by atoms with van der Waals surface area (Å²) in [6.45, 7) is -0.0131. The first-order valence-corrected chi connectivity index (χ1v) is 10.2. The van der Waals surface area contributed by atoms with Crippen molar-refractivity contribution in [2.45, 2.75) is 11.4 Å². The fraction of sp³-hybridized carbons (Fsp3) is 0.0556. The van der Waals surface area contributed by atoms with Crippen LogP contribution in [0.3, 0.4) is 0 Å². The molecule has 0 saturated heterocycles. The van der Waals surface area contributed by atoms with E-state index in [-0.39, 0.29) is 33.0 Å². The number of halogens is 3. The molecule has 146 valence electrons. The minimum absolute atomic E-state index is 0.0131. The predicted molar refractivity (Wildman–Crippen MR) is 106 cm³/mol. The fourth-order valence-electron chi connectivity index (χ4n) is 2.43. The van der Waals surface area contributed by atoms with Crippen LogP contribution in [0, 0.1) is 5.82 Å². The van der Waals surface area contributed by atoms with Gasteiger partial charge in [-0.15, -0.1) is 0 Å². The Balaban J connectivity index is 1.71. The van der Waals surface area contributed by atoms with Crippen LogP contribution in [0.25, 0.3) is 0 Å². The highest BCUT2D eigenvalue weighted by atomic mass is 35.5. The Morgan fingerprint density at radius 2 is 1.68 bits per heavy atom. The quantitative estimate of drug-likeness (QED) is 0.535. The number of sulfonamides is 1. The largest absolute Gasteiger partial charge is 0.347 e. The van der Waals surface area contributed by atoms with E-state index in [1.807, 2.05) is 0 Å². The van der Waals surface area contributed by atoms with Crippen LogP contribution in [0.15, 0.2) is 59.5 Å². The van der Waals surface area contributed by atoms with Gasteiger partial charge < -0.3 is 10.3 Å². The van der Waals surface area contributed by atoms with E-state index >= 15 is 0 Å². The SMILES string of the molecule is O=C(NCc1ccccc1F)c1ccc(NS(=O)(=O)c2c(Cl)cccc2Cl)[nH]1. The Hall–Kier alpha value is -2.55. The van der Waals surface area contributed by atoms with Crippen LogP contribution in [0.4, 0.5) is 10.2 Å². The van der Waals surface area contributed by atoms with E-state index in [9.17, 15) is 17.6 Å². The summed E-state index contributed by atoms with van der Waals surface area (Å²) in [4.78, 5) is 14.6. The molecular formula is C18H14Cl2FN3O3S. The third kappa shape index (κ3) is 4.46. The molecule has 0 saturated carbocycles. The molecule has 0 aliphatic heterocycles. The molecule has 0 aliphatic rings. The summed E-state index contributed by atoms with van der Waals surface area (Å²) < 4.78 is 40.9. The van der Waals surface area contributed by atoms with Crippen LogP contribution in [0.2, 0.25) is 10.0 Å². The Labute approximate surface area is 170 Å². The predicted octanol–water partition coefficient (Wildman–Crippen LogP) is 4.19. The van der Waals surface area contributed by atoms with Crippen molar-refractivity contribution in [3.05, 3.63) is 81.7 Å². The molecule has 6 nitrogen and oxygen atoms in total. The first kappa shape index (κ1) is 20.2. The van der Waals surface area contributed by atoms with E-state index in [2.05, 4.69) is 15.0 Å². The van der Waals surface area contributed by atoms with Gasteiger partial charge in [0, 0.05) is 12.1 Å². The molecular weight excluding hydrogens is 428 g/mol. The van der Waals surface area contributed by atoms with Crippen molar-refractivity contribution in [3.8, 4) is 0 Å². The number of aromatic amines is 1. The minimum Gasteiger partial charge on any atom is -0.347 e. The Bertz CT molecular complexity index is 1110. The van der Waals surface area contributed by atoms with Gasteiger partial charge in [-0.1, -0.05) is 47.5 Å². The van der Waals surface area contributed by atoms with Gasteiger partial charge in [0.15, 0.2) is 0 Å². The van der Waals surface area contributed by atoms with Gasteiger partial charge in [-0.3, -0.25) is 9.52 Å². The average Bonchev–Trinajstić information content (AvgIpc) is 3.08. The molecule has 0 aliphatic carbocycles. The molecule has 0 spiro atoms. The molecule has 3 rings (SSSR count). The molecule has 0 fully saturated rings. The van der Waals surface area contributed by atoms with Gasteiger partial charge in [-0.05, 0) is 30.3 Å². The monoisotopic (exact) mass is 441 g/mol. The smallest absolute Gasteiger partial charge is 0.268 e. The fourth-order valence-corrected chi connectivity index (χ4v) is 4.60. The standard InChI is InChI=1S/C18H14Cl2FN3O3S/c19-12-5-3-6-13(20)17(12)28(26,27)24-16-9-8-15(23-16)18(25)22-10-11-4-1-2-7-14(11)21/h1-9,23-24H,10H2,(H,22,25). The van der Waals surface area contributed by atoms with Crippen molar-refractivity contribution in [3.63, 3.8) is 0 Å². The number of carbonyl (C=O) groups excluding carboxylic acids is 1. The van der Waals surface area contributed by atoms with Gasteiger partial charge in [0.05, 0.1) is 10.0 Å². The number of amides is 1. The van der Waals surface area contributed by atoms with Crippen molar-refractivity contribution in [2.24, 2.45) is 0 Å². The summed E-state index contributed by atoms with van der Waals surface area (Å²) in [6, 6.07) is 13.2. The van der Waals surface area contributed by atoms with Gasteiger partial charge in [0.2, 0.25) is 0 Å². The van der Waals surface area contributed by atoms with Crippen LogP contribution in [-0.4, -0.2) is 19.3 Å². The second kappa shape index (κ2) is 8.22. The zero-order valence-corrected chi connectivity index (χ0v) is 16.5. The van der Waals surface area contributed by atoms with E-state index < -0.39 is 21.7 Å². The van der Waals surface area contributed by atoms with E-state index in [0.717, 1.165) is 0 Å². The molecule has 28 heavy (non-hydrogen) atoms. The molecule has 3 aromatic rings. The average molecular weight is 442 g/mol. The first-order valence-electron chi connectivity index (χ1n) is 7.95. The van der Waals surface area contributed by atoms with Crippen LogP contribution in [0.1, 0.15) is 16.1 Å². The van der Waals surface area contributed by atoms with Crippen LogP contribution < -0.4 is 10.0 Å². The maximum atomic E-state index is 13.6. The highest BCUT2D eigenvalue weighted by molar-refractivity contribution is 7.93. The molecule has 1 amide bonds. The number of hydrogen-bond acceptors (Lipinski definition) is 3. The summed E-state index contributed by atoms with van der Waals surface area (Å²) in [7, 11) is -4.07. The van der Waals surface area contributed by atoms with Crippen molar-refractivity contribution < 1.29 is 17.6 Å². The number of nitrogens with one attached hydrogen (secondary N) is 3. The van der Waals surface area contributed by atoms with Crippen LogP contribution >= 0.6 is 23.2 Å². The molecule has 0 unspecified atom stereocenters. The Morgan fingerprint density at radius 1 is 1.00 bits per heavy atom. The third-order valence-corrected chi connectivity index (χ3v) is 6.08. The lowest BCUT2D eigenvalue weighted by Gasteiger charge is -2.09. The normalized spacial score (nSPS) is 11.2. The number of hydrogen-bond donors (Lipinski definition) is 3. The van der Waals surface area contributed by atoms with E-state index in [0.29, 0.717) is 5.56 Å². The van der Waals surface area contributed by atoms with Crippen molar-refractivity contribution in [1.29, 1.82) is 0 Å². The Kier molecular flexibility index (Phi) is 5.93. The summed E-state index contributed by atoms with van der Waals surface area (Å²) in [5.41, 5.74) is 0.427. The molecule has 1 heterocycles. The molecule has 10 heteroatoms. The number of anilines is 1. The van der Waals surface area contributed by atoms with Gasteiger partial charge in [-0.25, -0.2) is 12.8 Å². The van der Waals surface area contributed by atoms with Crippen molar-refractivity contribution >= 4 is 45.0 Å². The lowest BCUT2D eigenvalue weighted by molar-refractivity contribution is 0.0946. The van der Waals surface area contributed by atoms with Gasteiger partial charge in [0.1, 0.15) is 22.2 Å². The lowest BCUT2D eigenvalue weighted by Crippen LogP contribution is -2.23. The summed E-state index contributed by atoms with van der Waals surface area (Å²) in [6.07, 6.45) is 0. The summed E-state index contributed by atoms with van der Waals surface area (Å²) in [5, 5.41) is 2.49. The lowest BCUT2D eigenvalue weighted by atomic mass is 10.2. The second-order valence-corrected chi connectivity index (χ2v) is 8.15. The molecule has 3 N–H and O–H groups in total. The number of carbonyl (C=O) groups is 1. The molecule has 0 bridgehead atoms. The minimum atomic E-state index is -4.07. The number of aromatic nitrogens is 1. The van der Waals surface area contributed by atoms with Gasteiger partial charge in [-0.2, -0.15) is 0 Å². The van der Waals surface area contributed by atoms with Crippen LogP contribution in [-0.2, 0) is 16.6 Å². The highest BCUT2D eigenvalue weighted by Crippen LogP contribution is 2.30. The zero-order valence-electron chi connectivity index (χ0n) is 14.2. The topological polar surface area (TPSA) is 91.1 Å². The van der Waals surface area contributed by atoms with Gasteiger partial charge in [0.25, 0.3) is 15.9 Å². The number of rotatable bonds is 6. The molecule has 1 aromatic heterocycles.